The summed E-state index contributed by atoms with van der Waals surface area (Å²) in [6, 6.07) is 0.381. The van der Waals surface area contributed by atoms with E-state index in [0.717, 1.165) is 12.8 Å². The zero-order valence-electron chi connectivity index (χ0n) is 11.5. The Kier molecular flexibility index (Phi) is 9.08. The van der Waals surface area contributed by atoms with Gasteiger partial charge in [-0.05, 0) is 6.42 Å². The van der Waals surface area contributed by atoms with Gasteiger partial charge in [0.1, 0.15) is 0 Å². The molecule has 0 aliphatic heterocycles. The van der Waals surface area contributed by atoms with Crippen molar-refractivity contribution in [3.8, 4) is 0 Å². The topological polar surface area (TPSA) is 50.9 Å². The van der Waals surface area contributed by atoms with E-state index in [1.54, 1.807) is 11.3 Å². The predicted molar refractivity (Wildman–Crippen MR) is 79.5 cm³/mol. The number of unbranched alkanes of at least 4 members (excludes halogenated alkanes) is 6. The Morgan fingerprint density at radius 1 is 1.22 bits per heavy atom. The molecular formula is C14H27N3S. The van der Waals surface area contributed by atoms with E-state index in [1.807, 2.05) is 11.6 Å². The van der Waals surface area contributed by atoms with Crippen LogP contribution in [0.25, 0.3) is 0 Å². The van der Waals surface area contributed by atoms with Crippen molar-refractivity contribution < 1.29 is 0 Å². The fourth-order valence-electron chi connectivity index (χ4n) is 2.16. The van der Waals surface area contributed by atoms with E-state index in [-0.39, 0.29) is 0 Å². The molecule has 0 amide bonds. The lowest BCUT2D eigenvalue weighted by atomic mass is 10.0. The van der Waals surface area contributed by atoms with Crippen LogP contribution in [-0.4, -0.2) is 11.0 Å². The summed E-state index contributed by atoms with van der Waals surface area (Å²) in [6.45, 7) is 2.26. The molecule has 0 saturated carbocycles. The Hall–Kier alpha value is -0.450. The zero-order chi connectivity index (χ0) is 13.1. The van der Waals surface area contributed by atoms with E-state index < -0.39 is 0 Å². The first-order valence-corrected chi connectivity index (χ1v) is 8.09. The fourth-order valence-corrected chi connectivity index (χ4v) is 2.85. The third-order valence-electron chi connectivity index (χ3n) is 3.30. The number of hydrogen-bond donors (Lipinski definition) is 2. The predicted octanol–water partition coefficient (Wildman–Crippen LogP) is 3.66. The lowest BCUT2D eigenvalue weighted by Gasteiger charge is -2.14. The van der Waals surface area contributed by atoms with Crippen LogP contribution in [-0.2, 0) is 6.42 Å². The number of hydrazine groups is 1. The molecule has 0 fully saturated rings. The van der Waals surface area contributed by atoms with Crippen molar-refractivity contribution in [2.24, 2.45) is 5.84 Å². The van der Waals surface area contributed by atoms with E-state index in [0.29, 0.717) is 6.04 Å². The zero-order valence-corrected chi connectivity index (χ0v) is 12.3. The quantitative estimate of drug-likeness (QED) is 0.366. The van der Waals surface area contributed by atoms with E-state index >= 15 is 0 Å². The van der Waals surface area contributed by atoms with Gasteiger partial charge in [0, 0.05) is 24.0 Å². The first-order chi connectivity index (χ1) is 8.86. The Labute approximate surface area is 115 Å². The van der Waals surface area contributed by atoms with Gasteiger partial charge < -0.3 is 0 Å². The van der Waals surface area contributed by atoms with Gasteiger partial charge in [-0.15, -0.1) is 11.3 Å². The normalized spacial score (nSPS) is 12.8. The van der Waals surface area contributed by atoms with E-state index in [9.17, 15) is 0 Å². The van der Waals surface area contributed by atoms with Crippen molar-refractivity contribution in [2.75, 3.05) is 0 Å². The van der Waals surface area contributed by atoms with Gasteiger partial charge >= 0.3 is 0 Å². The lowest BCUT2D eigenvalue weighted by molar-refractivity contribution is 0.458. The highest BCUT2D eigenvalue weighted by atomic mass is 32.1. The second kappa shape index (κ2) is 10.5. The van der Waals surface area contributed by atoms with E-state index in [2.05, 4.69) is 17.3 Å². The standard InChI is InChI=1S/C14H27N3S/c1-2-3-4-5-6-7-8-9-13(17-15)12-14-16-10-11-18-14/h10-11,13,17H,2-9,12,15H2,1H3. The van der Waals surface area contributed by atoms with Crippen LogP contribution < -0.4 is 11.3 Å². The van der Waals surface area contributed by atoms with Gasteiger partial charge in [0.15, 0.2) is 0 Å². The van der Waals surface area contributed by atoms with Crippen LogP contribution in [0.3, 0.4) is 0 Å². The molecule has 0 bridgehead atoms. The van der Waals surface area contributed by atoms with Crippen molar-refractivity contribution in [3.05, 3.63) is 16.6 Å². The maximum atomic E-state index is 5.60. The van der Waals surface area contributed by atoms with Crippen molar-refractivity contribution >= 4 is 11.3 Å². The molecule has 0 radical (unpaired) electrons. The smallest absolute Gasteiger partial charge is 0.0940 e. The monoisotopic (exact) mass is 269 g/mol. The first kappa shape index (κ1) is 15.6. The molecular weight excluding hydrogens is 242 g/mol. The average Bonchev–Trinajstić information content (AvgIpc) is 2.89. The van der Waals surface area contributed by atoms with Crippen LogP contribution in [0.15, 0.2) is 11.6 Å². The van der Waals surface area contributed by atoms with Gasteiger partial charge in [-0.3, -0.25) is 11.3 Å². The SMILES string of the molecule is CCCCCCCCCC(Cc1nccs1)NN. The number of nitrogens with zero attached hydrogens (tertiary/aromatic N) is 1. The van der Waals surface area contributed by atoms with E-state index in [1.165, 1.54) is 50.0 Å². The molecule has 104 valence electrons. The summed E-state index contributed by atoms with van der Waals surface area (Å²) < 4.78 is 0. The summed E-state index contributed by atoms with van der Waals surface area (Å²) in [5.74, 6) is 5.60. The third-order valence-corrected chi connectivity index (χ3v) is 4.10. The van der Waals surface area contributed by atoms with Gasteiger partial charge in [0.2, 0.25) is 0 Å². The van der Waals surface area contributed by atoms with Crippen molar-refractivity contribution in [2.45, 2.75) is 70.8 Å². The first-order valence-electron chi connectivity index (χ1n) is 7.21. The van der Waals surface area contributed by atoms with E-state index in [4.69, 9.17) is 5.84 Å². The largest absolute Gasteiger partial charge is 0.271 e. The molecule has 0 aromatic carbocycles. The maximum absolute atomic E-state index is 5.60. The van der Waals surface area contributed by atoms with Crippen LogP contribution >= 0.6 is 11.3 Å². The molecule has 1 heterocycles. The maximum Gasteiger partial charge on any atom is 0.0940 e. The molecule has 18 heavy (non-hydrogen) atoms. The Morgan fingerprint density at radius 3 is 2.56 bits per heavy atom. The Bertz CT molecular complexity index is 275. The lowest BCUT2D eigenvalue weighted by Crippen LogP contribution is -2.36. The van der Waals surface area contributed by atoms with Crippen LogP contribution in [0.2, 0.25) is 0 Å². The summed E-state index contributed by atoms with van der Waals surface area (Å²) in [5.41, 5.74) is 2.92. The van der Waals surface area contributed by atoms with Crippen LogP contribution in [0.1, 0.15) is 63.3 Å². The molecule has 1 aromatic heterocycles. The van der Waals surface area contributed by atoms with Crippen molar-refractivity contribution in [3.63, 3.8) is 0 Å². The summed E-state index contributed by atoms with van der Waals surface area (Å²) in [7, 11) is 0. The number of rotatable bonds is 11. The van der Waals surface area contributed by atoms with Gasteiger partial charge in [-0.2, -0.15) is 0 Å². The summed E-state index contributed by atoms with van der Waals surface area (Å²) in [6.07, 6.45) is 13.5. The minimum absolute atomic E-state index is 0.381. The second-order valence-electron chi connectivity index (χ2n) is 4.90. The van der Waals surface area contributed by atoms with Gasteiger partial charge in [0.05, 0.1) is 5.01 Å². The molecule has 1 atom stereocenters. The molecule has 0 saturated heterocycles. The number of nitrogens with one attached hydrogen (secondary N) is 1. The van der Waals surface area contributed by atoms with Crippen LogP contribution in [0, 0.1) is 0 Å². The molecule has 1 aromatic rings. The molecule has 0 aliphatic rings. The highest BCUT2D eigenvalue weighted by molar-refractivity contribution is 7.09. The molecule has 3 nitrogen and oxygen atoms in total. The minimum Gasteiger partial charge on any atom is -0.271 e. The number of hydrogen-bond acceptors (Lipinski definition) is 4. The number of nitrogens with two attached hydrogens (primary N) is 1. The van der Waals surface area contributed by atoms with Crippen LogP contribution in [0.5, 0.6) is 0 Å². The number of aromatic nitrogens is 1. The molecule has 3 N–H and O–H groups in total. The van der Waals surface area contributed by atoms with Crippen molar-refractivity contribution in [1.82, 2.24) is 10.4 Å². The average molecular weight is 269 g/mol. The highest BCUT2D eigenvalue weighted by Gasteiger charge is 2.08. The third kappa shape index (κ3) is 7.09. The van der Waals surface area contributed by atoms with Gasteiger partial charge in [-0.1, -0.05) is 51.9 Å². The summed E-state index contributed by atoms with van der Waals surface area (Å²) in [4.78, 5) is 4.31. The second-order valence-corrected chi connectivity index (χ2v) is 5.88. The summed E-state index contributed by atoms with van der Waals surface area (Å²) in [5, 5.41) is 3.21. The molecule has 1 rings (SSSR count). The van der Waals surface area contributed by atoms with Gasteiger partial charge in [0.25, 0.3) is 0 Å². The fraction of sp³-hybridized carbons (Fsp3) is 0.786. The molecule has 0 spiro atoms. The Balaban J connectivity index is 2.01. The van der Waals surface area contributed by atoms with Crippen LogP contribution in [0.4, 0.5) is 0 Å². The molecule has 4 heteroatoms. The van der Waals surface area contributed by atoms with Crippen molar-refractivity contribution in [1.29, 1.82) is 0 Å². The molecule has 0 aliphatic carbocycles. The minimum atomic E-state index is 0.381. The Morgan fingerprint density at radius 2 is 1.94 bits per heavy atom. The number of thiazole rings is 1. The summed E-state index contributed by atoms with van der Waals surface area (Å²) >= 11 is 1.71. The molecule has 1 unspecified atom stereocenters. The highest BCUT2D eigenvalue weighted by Crippen LogP contribution is 2.13. The van der Waals surface area contributed by atoms with Gasteiger partial charge in [-0.25, -0.2) is 4.98 Å².